The van der Waals surface area contributed by atoms with Crippen molar-refractivity contribution < 1.29 is 24.2 Å². The molecule has 0 saturated heterocycles. The van der Waals surface area contributed by atoms with Crippen molar-refractivity contribution in [3.05, 3.63) is 23.0 Å². The van der Waals surface area contributed by atoms with Gasteiger partial charge in [0.1, 0.15) is 11.3 Å². The number of halogens is 2. The number of pyridine rings is 1. The number of nitrogens with one attached hydrogen (secondary N) is 2. The second-order valence-corrected chi connectivity index (χ2v) is 9.52. The number of rotatable bonds is 7. The molecule has 0 spiro atoms. The summed E-state index contributed by atoms with van der Waals surface area (Å²) in [7, 11) is 0. The van der Waals surface area contributed by atoms with E-state index < -0.39 is 23.6 Å². The van der Waals surface area contributed by atoms with E-state index in [-0.39, 0.29) is 34.6 Å². The molecule has 2 aliphatic rings. The lowest BCUT2D eigenvalue weighted by Crippen LogP contribution is -2.50. The standard InChI is InChI=1S/C21H29ClFN3O4/c1-20(2,30)16(23)11-25-18(27)14-10-24-17(22)8-15(14)26-21-6-3-4-12(9-21)13(5-7-21)19(28)29/h8,10,12-13,16,30H,3-7,9,11H2,1-2H3,(H,24,26)(H,25,27)(H,28,29)/t12?,13?,16-,21?/m1/s1. The minimum Gasteiger partial charge on any atom is -0.481 e. The Morgan fingerprint density at radius 2 is 2.13 bits per heavy atom. The van der Waals surface area contributed by atoms with Gasteiger partial charge >= 0.3 is 5.97 Å². The zero-order valence-electron chi connectivity index (χ0n) is 17.3. The Morgan fingerprint density at radius 1 is 1.40 bits per heavy atom. The molecule has 4 atom stereocenters. The maximum Gasteiger partial charge on any atom is 0.306 e. The van der Waals surface area contributed by atoms with Crippen molar-refractivity contribution in [3.8, 4) is 0 Å². The van der Waals surface area contributed by atoms with Crippen LogP contribution in [0, 0.1) is 11.8 Å². The molecule has 2 saturated carbocycles. The summed E-state index contributed by atoms with van der Waals surface area (Å²) in [5, 5.41) is 25.4. The highest BCUT2D eigenvalue weighted by Gasteiger charge is 2.46. The van der Waals surface area contributed by atoms with Crippen molar-refractivity contribution in [2.24, 2.45) is 11.8 Å². The van der Waals surface area contributed by atoms with Crippen LogP contribution in [0.1, 0.15) is 62.7 Å². The predicted octanol–water partition coefficient (Wildman–Crippen LogP) is 3.41. The molecule has 1 heterocycles. The Morgan fingerprint density at radius 3 is 2.80 bits per heavy atom. The third-order valence-electron chi connectivity index (χ3n) is 6.43. The van der Waals surface area contributed by atoms with Crippen LogP contribution >= 0.6 is 11.6 Å². The van der Waals surface area contributed by atoms with E-state index in [1.54, 1.807) is 6.07 Å². The highest BCUT2D eigenvalue weighted by Crippen LogP contribution is 2.47. The maximum atomic E-state index is 14.0. The smallest absolute Gasteiger partial charge is 0.306 e. The van der Waals surface area contributed by atoms with E-state index in [0.29, 0.717) is 18.5 Å². The van der Waals surface area contributed by atoms with Gasteiger partial charge in [0.25, 0.3) is 5.91 Å². The number of hydrogen-bond acceptors (Lipinski definition) is 5. The third-order valence-corrected chi connectivity index (χ3v) is 6.63. The van der Waals surface area contributed by atoms with Crippen molar-refractivity contribution in [1.29, 1.82) is 0 Å². The van der Waals surface area contributed by atoms with Crippen LogP contribution in [0.2, 0.25) is 5.15 Å². The fourth-order valence-electron chi connectivity index (χ4n) is 4.68. The van der Waals surface area contributed by atoms with Crippen molar-refractivity contribution in [2.75, 3.05) is 11.9 Å². The molecule has 1 aromatic rings. The van der Waals surface area contributed by atoms with Crippen LogP contribution in [0.4, 0.5) is 10.1 Å². The van der Waals surface area contributed by atoms with Gasteiger partial charge in [-0.1, -0.05) is 18.0 Å². The lowest BCUT2D eigenvalue weighted by molar-refractivity contribution is -0.146. The highest BCUT2D eigenvalue weighted by molar-refractivity contribution is 6.29. The summed E-state index contributed by atoms with van der Waals surface area (Å²) < 4.78 is 14.0. The molecule has 2 bridgehead atoms. The quantitative estimate of drug-likeness (QED) is 0.482. The molecule has 2 aliphatic carbocycles. The maximum absolute atomic E-state index is 14.0. The van der Waals surface area contributed by atoms with E-state index in [2.05, 4.69) is 15.6 Å². The van der Waals surface area contributed by atoms with Crippen molar-refractivity contribution in [2.45, 2.75) is 69.7 Å². The van der Waals surface area contributed by atoms with Gasteiger partial charge < -0.3 is 20.8 Å². The fourth-order valence-corrected chi connectivity index (χ4v) is 4.83. The van der Waals surface area contributed by atoms with Crippen LogP contribution in [0.15, 0.2) is 12.3 Å². The van der Waals surface area contributed by atoms with E-state index in [1.807, 2.05) is 0 Å². The number of aliphatic carboxylic acids is 1. The van der Waals surface area contributed by atoms with Gasteiger partial charge in [0, 0.05) is 11.7 Å². The van der Waals surface area contributed by atoms with Gasteiger partial charge in [0.15, 0.2) is 0 Å². The molecule has 9 heteroatoms. The number of carbonyl (C=O) groups excluding carboxylic acids is 1. The molecule has 166 valence electrons. The molecule has 1 aromatic heterocycles. The van der Waals surface area contributed by atoms with Crippen molar-refractivity contribution in [1.82, 2.24) is 10.3 Å². The monoisotopic (exact) mass is 441 g/mol. The molecule has 0 aromatic carbocycles. The number of hydrogen-bond donors (Lipinski definition) is 4. The number of nitrogens with zero attached hydrogens (tertiary/aromatic N) is 1. The van der Waals surface area contributed by atoms with Gasteiger partial charge in [-0.25, -0.2) is 9.37 Å². The molecule has 0 radical (unpaired) electrons. The first-order valence-electron chi connectivity index (χ1n) is 10.3. The van der Waals surface area contributed by atoms with Gasteiger partial charge in [-0.15, -0.1) is 0 Å². The number of carbonyl (C=O) groups is 2. The van der Waals surface area contributed by atoms with Crippen LogP contribution in [0.25, 0.3) is 0 Å². The molecule has 7 nitrogen and oxygen atoms in total. The summed E-state index contributed by atoms with van der Waals surface area (Å²) in [6.07, 6.45) is 4.39. The van der Waals surface area contributed by atoms with Crippen LogP contribution in [0.3, 0.4) is 0 Å². The topological polar surface area (TPSA) is 112 Å². The minimum atomic E-state index is -1.62. The number of aliphatic hydroxyl groups is 1. The molecular weight excluding hydrogens is 413 g/mol. The largest absolute Gasteiger partial charge is 0.481 e. The van der Waals surface area contributed by atoms with Crippen LogP contribution in [0.5, 0.6) is 0 Å². The van der Waals surface area contributed by atoms with Crippen molar-refractivity contribution >= 4 is 29.2 Å². The molecular formula is C21H29ClFN3O4. The Kier molecular flexibility index (Phi) is 6.57. The van der Waals surface area contributed by atoms with E-state index >= 15 is 0 Å². The van der Waals surface area contributed by atoms with Gasteiger partial charge in [0.05, 0.1) is 29.3 Å². The van der Waals surface area contributed by atoms with Crippen LogP contribution < -0.4 is 10.6 Å². The summed E-state index contributed by atoms with van der Waals surface area (Å²) >= 11 is 6.07. The summed E-state index contributed by atoms with van der Waals surface area (Å²) in [6, 6.07) is 1.57. The average molecular weight is 442 g/mol. The Hall–Kier alpha value is -1.93. The van der Waals surface area contributed by atoms with Crippen molar-refractivity contribution in [3.63, 3.8) is 0 Å². The number of alkyl halides is 1. The molecule has 4 N–H and O–H groups in total. The SMILES string of the molecule is CC(C)(O)[C@H](F)CNC(=O)c1cnc(Cl)cc1NC12CCCC(C1)C(C(=O)O)CC2. The zero-order chi connectivity index (χ0) is 22.1. The lowest BCUT2D eigenvalue weighted by atomic mass is 9.62. The van der Waals surface area contributed by atoms with Gasteiger partial charge in [-0.2, -0.15) is 0 Å². The average Bonchev–Trinajstić information content (AvgIpc) is 2.65. The van der Waals surface area contributed by atoms with E-state index in [9.17, 15) is 24.2 Å². The highest BCUT2D eigenvalue weighted by atomic mass is 35.5. The number of aromatic nitrogens is 1. The molecule has 30 heavy (non-hydrogen) atoms. The molecule has 2 fully saturated rings. The first-order valence-corrected chi connectivity index (χ1v) is 10.7. The lowest BCUT2D eigenvalue weighted by Gasteiger charge is -2.48. The van der Waals surface area contributed by atoms with Crippen LogP contribution in [-0.4, -0.2) is 50.9 Å². The Bertz CT molecular complexity index is 816. The summed E-state index contributed by atoms with van der Waals surface area (Å²) in [5.74, 6) is -1.48. The summed E-state index contributed by atoms with van der Waals surface area (Å²) in [4.78, 5) is 28.2. The second kappa shape index (κ2) is 8.67. The molecule has 3 rings (SSSR count). The van der Waals surface area contributed by atoms with Gasteiger partial charge in [0.2, 0.25) is 0 Å². The molecule has 3 unspecified atom stereocenters. The zero-order valence-corrected chi connectivity index (χ0v) is 18.0. The molecule has 1 amide bonds. The molecule has 0 aliphatic heterocycles. The first-order chi connectivity index (χ1) is 14.0. The second-order valence-electron chi connectivity index (χ2n) is 9.13. The Labute approximate surface area is 180 Å². The normalized spacial score (nSPS) is 27.2. The number of carboxylic acid groups (broad SMARTS) is 1. The summed E-state index contributed by atoms with van der Waals surface area (Å²) in [6.45, 7) is 2.34. The van der Waals surface area contributed by atoms with E-state index in [0.717, 1.165) is 25.7 Å². The fraction of sp³-hybridized carbons (Fsp3) is 0.667. The van der Waals surface area contributed by atoms with Gasteiger partial charge in [-0.3, -0.25) is 9.59 Å². The van der Waals surface area contributed by atoms with Gasteiger partial charge in [-0.05, 0) is 57.9 Å². The minimum absolute atomic E-state index is 0.103. The number of fused-ring (bicyclic) bond motifs is 2. The predicted molar refractivity (Wildman–Crippen MR) is 111 cm³/mol. The third kappa shape index (κ3) is 5.03. The van der Waals surface area contributed by atoms with E-state index in [4.69, 9.17) is 11.6 Å². The van der Waals surface area contributed by atoms with Crippen LogP contribution in [-0.2, 0) is 4.79 Å². The number of anilines is 1. The van der Waals surface area contributed by atoms with E-state index in [1.165, 1.54) is 20.0 Å². The number of carboxylic acids is 1. The Balaban J connectivity index is 1.77. The number of amides is 1. The first kappa shape index (κ1) is 22.7. The summed E-state index contributed by atoms with van der Waals surface area (Å²) in [5.41, 5.74) is -1.13.